The van der Waals surface area contributed by atoms with Gasteiger partial charge < -0.3 is 19.6 Å². The van der Waals surface area contributed by atoms with Crippen molar-refractivity contribution in [2.45, 2.75) is 24.4 Å². The van der Waals surface area contributed by atoms with Crippen LogP contribution in [0.5, 0.6) is 0 Å². The fourth-order valence-electron chi connectivity index (χ4n) is 5.05. The average Bonchev–Trinajstić information content (AvgIpc) is 2.67. The Hall–Kier alpha value is -2.77. The summed E-state index contributed by atoms with van der Waals surface area (Å²) < 4.78 is 18.1. The van der Waals surface area contributed by atoms with E-state index in [1.165, 1.54) is 26.2 Å². The van der Waals surface area contributed by atoms with E-state index >= 15 is 0 Å². The van der Waals surface area contributed by atoms with E-state index in [2.05, 4.69) is 0 Å². The average molecular weight is 412 g/mol. The molecule has 7 heteroatoms. The number of carbonyl (C=O) groups excluding carboxylic acids is 2. The molecule has 0 aromatic heterocycles. The fraction of sp³-hybridized carbons (Fsp3) is 0.391. The number of amides is 2. The van der Waals surface area contributed by atoms with Crippen molar-refractivity contribution in [2.75, 3.05) is 33.4 Å². The summed E-state index contributed by atoms with van der Waals surface area (Å²) in [7, 11) is 1.48. The van der Waals surface area contributed by atoms with Gasteiger partial charge in [0.25, 0.3) is 0 Å². The lowest BCUT2D eigenvalue weighted by Crippen LogP contribution is -2.85. The first-order chi connectivity index (χ1) is 14.4. The molecule has 0 saturated carbocycles. The Balaban J connectivity index is 1.60. The molecule has 2 aliphatic rings. The SMILES string of the molecule is COCC(=O)N1CC2(C1)[C@@H](c1ccc(-c3ccc(F)cc3)cc1)[C@H](CO)N2C(C)=O. The van der Waals surface area contributed by atoms with E-state index in [1.807, 2.05) is 24.3 Å². The molecule has 1 spiro atoms. The Morgan fingerprint density at radius 2 is 1.67 bits per heavy atom. The van der Waals surface area contributed by atoms with E-state index in [9.17, 15) is 19.1 Å². The minimum absolute atomic E-state index is 0.0105. The first kappa shape index (κ1) is 20.5. The number of methoxy groups -OCH3 is 1. The van der Waals surface area contributed by atoms with Gasteiger partial charge in [-0.3, -0.25) is 9.59 Å². The van der Waals surface area contributed by atoms with Gasteiger partial charge in [-0.2, -0.15) is 0 Å². The second kappa shape index (κ2) is 7.81. The van der Waals surface area contributed by atoms with E-state index in [-0.39, 0.29) is 42.8 Å². The number of carbonyl (C=O) groups is 2. The predicted molar refractivity (Wildman–Crippen MR) is 109 cm³/mol. The highest BCUT2D eigenvalue weighted by molar-refractivity contribution is 5.82. The van der Waals surface area contributed by atoms with Crippen LogP contribution in [0.3, 0.4) is 0 Å². The summed E-state index contributed by atoms with van der Waals surface area (Å²) >= 11 is 0. The number of hydrogen-bond donors (Lipinski definition) is 1. The van der Waals surface area contributed by atoms with Crippen molar-refractivity contribution in [1.29, 1.82) is 0 Å². The fourth-order valence-corrected chi connectivity index (χ4v) is 5.05. The molecule has 0 aliphatic carbocycles. The van der Waals surface area contributed by atoms with Crippen molar-refractivity contribution >= 4 is 11.8 Å². The Morgan fingerprint density at radius 3 is 2.17 bits per heavy atom. The third kappa shape index (κ3) is 3.18. The first-order valence-corrected chi connectivity index (χ1v) is 9.94. The standard InChI is InChI=1S/C23H25FN2O4/c1-15(28)26-20(11-27)22(23(26)13-25(14-23)21(29)12-30-2)18-5-3-16(4-6-18)17-7-9-19(24)10-8-17/h3-10,20,22,27H,11-14H2,1-2H3/t20-,22-/m0/s1. The maximum Gasteiger partial charge on any atom is 0.248 e. The molecule has 2 atom stereocenters. The molecular formula is C23H25FN2O4. The molecule has 2 saturated heterocycles. The van der Waals surface area contributed by atoms with Crippen LogP contribution in [0, 0.1) is 5.82 Å². The lowest BCUT2D eigenvalue weighted by atomic mass is 9.60. The molecule has 6 nitrogen and oxygen atoms in total. The van der Waals surface area contributed by atoms with Crippen molar-refractivity contribution < 1.29 is 23.8 Å². The van der Waals surface area contributed by atoms with Crippen LogP contribution in [0.1, 0.15) is 18.4 Å². The van der Waals surface area contributed by atoms with Gasteiger partial charge in [0.15, 0.2) is 0 Å². The molecule has 2 fully saturated rings. The van der Waals surface area contributed by atoms with Crippen molar-refractivity contribution in [1.82, 2.24) is 9.80 Å². The molecule has 0 radical (unpaired) electrons. The summed E-state index contributed by atoms with van der Waals surface area (Å²) in [4.78, 5) is 27.9. The molecule has 1 N–H and O–H groups in total. The van der Waals surface area contributed by atoms with Gasteiger partial charge >= 0.3 is 0 Å². The lowest BCUT2D eigenvalue weighted by Gasteiger charge is -2.70. The Morgan fingerprint density at radius 1 is 1.10 bits per heavy atom. The highest BCUT2D eigenvalue weighted by atomic mass is 19.1. The van der Waals surface area contributed by atoms with E-state index in [0.717, 1.165) is 16.7 Å². The van der Waals surface area contributed by atoms with Crippen LogP contribution in [0.25, 0.3) is 11.1 Å². The molecule has 2 aliphatic heterocycles. The smallest absolute Gasteiger partial charge is 0.248 e. The number of rotatable bonds is 5. The quantitative estimate of drug-likeness (QED) is 0.816. The Bertz CT molecular complexity index is 939. The molecule has 30 heavy (non-hydrogen) atoms. The lowest BCUT2D eigenvalue weighted by molar-refractivity contribution is -0.202. The molecule has 2 aromatic rings. The van der Waals surface area contributed by atoms with Crippen molar-refractivity contribution in [3.05, 3.63) is 59.9 Å². The van der Waals surface area contributed by atoms with Gasteiger partial charge in [0.05, 0.1) is 18.2 Å². The van der Waals surface area contributed by atoms with Crippen molar-refractivity contribution in [3.8, 4) is 11.1 Å². The highest BCUT2D eigenvalue weighted by Gasteiger charge is 2.67. The number of benzene rings is 2. The van der Waals surface area contributed by atoms with E-state index < -0.39 is 5.54 Å². The van der Waals surface area contributed by atoms with Gasteiger partial charge in [-0.05, 0) is 28.8 Å². The van der Waals surface area contributed by atoms with Crippen LogP contribution >= 0.6 is 0 Å². The number of aliphatic hydroxyl groups is 1. The van der Waals surface area contributed by atoms with E-state index in [4.69, 9.17) is 4.74 Å². The van der Waals surface area contributed by atoms with Gasteiger partial charge in [-0.25, -0.2) is 4.39 Å². The third-order valence-electron chi connectivity index (χ3n) is 6.30. The zero-order valence-electron chi connectivity index (χ0n) is 17.0. The van der Waals surface area contributed by atoms with Gasteiger partial charge in [-0.1, -0.05) is 36.4 Å². The normalized spacial score (nSPS) is 21.9. The maximum atomic E-state index is 13.2. The number of hydrogen-bond acceptors (Lipinski definition) is 4. The summed E-state index contributed by atoms with van der Waals surface area (Å²) in [6.07, 6.45) is 0. The number of halogens is 1. The third-order valence-corrected chi connectivity index (χ3v) is 6.30. The second-order valence-corrected chi connectivity index (χ2v) is 8.03. The molecule has 158 valence electrons. The predicted octanol–water partition coefficient (Wildman–Crippen LogP) is 2.03. The molecule has 2 amide bonds. The number of ether oxygens (including phenoxy) is 1. The topological polar surface area (TPSA) is 70.1 Å². The largest absolute Gasteiger partial charge is 0.394 e. The van der Waals surface area contributed by atoms with Gasteiger partial charge in [0.2, 0.25) is 11.8 Å². The summed E-state index contributed by atoms with van der Waals surface area (Å²) in [5.74, 6) is -0.559. The Labute approximate surface area is 174 Å². The second-order valence-electron chi connectivity index (χ2n) is 8.03. The van der Waals surface area contributed by atoms with Crippen LogP contribution in [0.4, 0.5) is 4.39 Å². The van der Waals surface area contributed by atoms with Gasteiger partial charge in [-0.15, -0.1) is 0 Å². The van der Waals surface area contributed by atoms with Crippen LogP contribution in [-0.2, 0) is 14.3 Å². The summed E-state index contributed by atoms with van der Waals surface area (Å²) in [5, 5.41) is 9.98. The van der Waals surface area contributed by atoms with Crippen LogP contribution < -0.4 is 0 Å². The molecule has 2 aromatic carbocycles. The van der Waals surface area contributed by atoms with Gasteiger partial charge in [0.1, 0.15) is 12.4 Å². The number of nitrogens with zero attached hydrogens (tertiary/aromatic N) is 2. The summed E-state index contributed by atoms with van der Waals surface area (Å²) in [6, 6.07) is 13.9. The van der Waals surface area contributed by atoms with Crippen LogP contribution in [0.15, 0.2) is 48.5 Å². The Kier molecular flexibility index (Phi) is 5.34. The molecular weight excluding hydrogens is 387 g/mol. The van der Waals surface area contributed by atoms with E-state index in [0.29, 0.717) is 13.1 Å². The van der Waals surface area contributed by atoms with Crippen molar-refractivity contribution in [2.24, 2.45) is 0 Å². The van der Waals surface area contributed by atoms with Crippen LogP contribution in [-0.4, -0.2) is 71.7 Å². The first-order valence-electron chi connectivity index (χ1n) is 9.94. The minimum Gasteiger partial charge on any atom is -0.394 e. The molecule has 0 bridgehead atoms. The monoisotopic (exact) mass is 412 g/mol. The zero-order chi connectivity index (χ0) is 21.5. The molecule has 0 unspecified atom stereocenters. The van der Waals surface area contributed by atoms with Gasteiger partial charge in [0, 0.05) is 33.0 Å². The highest BCUT2D eigenvalue weighted by Crippen LogP contribution is 2.54. The van der Waals surface area contributed by atoms with E-state index in [1.54, 1.807) is 21.9 Å². The maximum absolute atomic E-state index is 13.2. The molecule has 2 heterocycles. The minimum atomic E-state index is -0.500. The summed E-state index contributed by atoms with van der Waals surface area (Å²) in [5.41, 5.74) is 2.38. The zero-order valence-corrected chi connectivity index (χ0v) is 17.0. The number of aliphatic hydroxyl groups excluding tert-OH is 1. The molecule has 4 rings (SSSR count). The summed E-state index contributed by atoms with van der Waals surface area (Å²) in [6.45, 7) is 2.22. The van der Waals surface area contributed by atoms with Crippen LogP contribution in [0.2, 0.25) is 0 Å². The van der Waals surface area contributed by atoms with Crippen molar-refractivity contribution in [3.63, 3.8) is 0 Å². The number of likely N-dealkylation sites (tertiary alicyclic amines) is 2.